The molecule has 1 N–H and O–H groups in total. The fourth-order valence-electron chi connectivity index (χ4n) is 2.60. The highest BCUT2D eigenvalue weighted by molar-refractivity contribution is 7.98. The van der Waals surface area contributed by atoms with E-state index in [0.717, 1.165) is 28.5 Å². The predicted octanol–water partition coefficient (Wildman–Crippen LogP) is 3.86. The van der Waals surface area contributed by atoms with Gasteiger partial charge in [-0.1, -0.05) is 12.1 Å². The number of ether oxygens (including phenoxy) is 2. The van der Waals surface area contributed by atoms with Gasteiger partial charge in [-0.25, -0.2) is 0 Å². The lowest BCUT2D eigenvalue weighted by Crippen LogP contribution is -2.00. The van der Waals surface area contributed by atoms with E-state index in [1.165, 1.54) is 4.90 Å². The minimum atomic E-state index is 0.252. The number of thioether (sulfide) groups is 1. The molecular formula is C18H16N4O2S2. The van der Waals surface area contributed by atoms with Gasteiger partial charge in [0.15, 0.2) is 17.3 Å². The van der Waals surface area contributed by atoms with Crippen LogP contribution in [0.3, 0.4) is 0 Å². The van der Waals surface area contributed by atoms with Crippen LogP contribution in [0, 0.1) is 4.77 Å². The highest BCUT2D eigenvalue weighted by Gasteiger charge is 2.12. The maximum Gasteiger partial charge on any atom is 0.231 e. The van der Waals surface area contributed by atoms with Gasteiger partial charge in [0.25, 0.3) is 0 Å². The zero-order valence-corrected chi connectivity index (χ0v) is 15.6. The van der Waals surface area contributed by atoms with E-state index in [2.05, 4.69) is 45.8 Å². The molecule has 4 rings (SSSR count). The third-order valence-electron chi connectivity index (χ3n) is 3.96. The van der Waals surface area contributed by atoms with E-state index in [9.17, 15) is 0 Å². The molecule has 1 aliphatic rings. The molecule has 0 radical (unpaired) electrons. The summed E-state index contributed by atoms with van der Waals surface area (Å²) in [6.45, 7) is 0.252. The minimum absolute atomic E-state index is 0.252. The van der Waals surface area contributed by atoms with Crippen LogP contribution < -0.4 is 9.47 Å². The molecule has 132 valence electrons. The van der Waals surface area contributed by atoms with Gasteiger partial charge in [-0.2, -0.15) is 14.9 Å². The smallest absolute Gasteiger partial charge is 0.231 e. The molecule has 0 aliphatic carbocycles. The molecule has 26 heavy (non-hydrogen) atoms. The van der Waals surface area contributed by atoms with Crippen LogP contribution in [0.1, 0.15) is 17.0 Å². The number of rotatable bonds is 5. The Balaban J connectivity index is 1.57. The Labute approximate surface area is 159 Å². The summed E-state index contributed by atoms with van der Waals surface area (Å²) in [5, 5.41) is 11.6. The number of fused-ring (bicyclic) bond motifs is 1. The lowest BCUT2D eigenvalue weighted by molar-refractivity contribution is 0.174. The number of nitrogens with zero attached hydrogens (tertiary/aromatic N) is 3. The molecule has 8 heteroatoms. The summed E-state index contributed by atoms with van der Waals surface area (Å²) < 4.78 is 12.8. The average molecular weight is 384 g/mol. The van der Waals surface area contributed by atoms with E-state index in [4.69, 9.17) is 21.7 Å². The number of hydrogen-bond acceptors (Lipinski definition) is 6. The first-order valence-corrected chi connectivity index (χ1v) is 9.59. The molecule has 0 saturated heterocycles. The first kappa shape index (κ1) is 16.9. The van der Waals surface area contributed by atoms with Gasteiger partial charge < -0.3 is 9.47 Å². The maximum atomic E-state index is 5.39. The highest BCUT2D eigenvalue weighted by atomic mass is 32.2. The second-order valence-corrected chi connectivity index (χ2v) is 6.91. The second-order valence-electron chi connectivity index (χ2n) is 5.64. The number of benzene rings is 2. The molecule has 0 bridgehead atoms. The van der Waals surface area contributed by atoms with Crippen LogP contribution in [0.5, 0.6) is 11.5 Å². The third-order valence-corrected chi connectivity index (χ3v) is 4.97. The van der Waals surface area contributed by atoms with Gasteiger partial charge in [0.05, 0.1) is 6.21 Å². The first-order valence-electron chi connectivity index (χ1n) is 7.96. The monoisotopic (exact) mass is 384 g/mol. The molecule has 3 aromatic rings. The number of aromatic nitrogens is 3. The van der Waals surface area contributed by atoms with E-state index in [0.29, 0.717) is 11.2 Å². The van der Waals surface area contributed by atoms with Crippen LogP contribution in [-0.2, 0) is 6.42 Å². The summed E-state index contributed by atoms with van der Waals surface area (Å²) in [5.41, 5.74) is 2.05. The number of aromatic amines is 1. The van der Waals surface area contributed by atoms with Gasteiger partial charge >= 0.3 is 0 Å². The molecule has 2 heterocycles. The van der Waals surface area contributed by atoms with Crippen LogP contribution >= 0.6 is 24.0 Å². The Morgan fingerprint density at radius 1 is 1.23 bits per heavy atom. The molecular weight excluding hydrogens is 368 g/mol. The van der Waals surface area contributed by atoms with Crippen molar-refractivity contribution in [1.82, 2.24) is 14.9 Å². The Bertz CT molecular complexity index is 1010. The van der Waals surface area contributed by atoms with Crippen molar-refractivity contribution in [1.29, 1.82) is 0 Å². The molecule has 6 nitrogen and oxygen atoms in total. The zero-order chi connectivity index (χ0) is 17.9. The van der Waals surface area contributed by atoms with Crippen molar-refractivity contribution in [2.45, 2.75) is 11.3 Å². The number of hydrogen-bond donors (Lipinski definition) is 1. The summed E-state index contributed by atoms with van der Waals surface area (Å²) in [6.07, 6.45) is 4.43. The Hall–Kier alpha value is -2.58. The van der Waals surface area contributed by atoms with Crippen LogP contribution in [-0.4, -0.2) is 34.1 Å². The van der Waals surface area contributed by atoms with Crippen molar-refractivity contribution >= 4 is 30.2 Å². The van der Waals surface area contributed by atoms with Crippen molar-refractivity contribution in [3.63, 3.8) is 0 Å². The van der Waals surface area contributed by atoms with Gasteiger partial charge in [-0.05, 0) is 59.9 Å². The Kier molecular flexibility index (Phi) is 4.77. The molecule has 0 saturated carbocycles. The normalized spacial score (nSPS) is 12.8. The molecule has 0 spiro atoms. The van der Waals surface area contributed by atoms with Crippen LogP contribution in [0.25, 0.3) is 0 Å². The topological polar surface area (TPSA) is 64.4 Å². The average Bonchev–Trinajstić information content (AvgIpc) is 3.27. The van der Waals surface area contributed by atoms with Crippen molar-refractivity contribution in [2.75, 3.05) is 13.0 Å². The lowest BCUT2D eigenvalue weighted by atomic mass is 10.1. The van der Waals surface area contributed by atoms with Crippen LogP contribution in [0.2, 0.25) is 0 Å². The molecule has 1 aliphatic heterocycles. The molecule has 1 aromatic heterocycles. The Morgan fingerprint density at radius 3 is 2.85 bits per heavy atom. The summed E-state index contributed by atoms with van der Waals surface area (Å²) in [6, 6.07) is 14.1. The summed E-state index contributed by atoms with van der Waals surface area (Å²) in [5.74, 6) is 2.22. The van der Waals surface area contributed by atoms with Gasteiger partial charge in [-0.15, -0.1) is 11.8 Å². The summed E-state index contributed by atoms with van der Waals surface area (Å²) in [4.78, 5) is 1.23. The van der Waals surface area contributed by atoms with Crippen molar-refractivity contribution < 1.29 is 9.47 Å². The minimum Gasteiger partial charge on any atom is -0.454 e. The van der Waals surface area contributed by atoms with Gasteiger partial charge in [0, 0.05) is 11.3 Å². The molecule has 0 atom stereocenters. The second kappa shape index (κ2) is 7.35. The van der Waals surface area contributed by atoms with E-state index < -0.39 is 0 Å². The lowest BCUT2D eigenvalue weighted by Gasteiger charge is -2.03. The quantitative estimate of drug-likeness (QED) is 0.411. The fraction of sp³-hybridized carbons (Fsp3) is 0.167. The third kappa shape index (κ3) is 3.51. The Morgan fingerprint density at radius 2 is 2.04 bits per heavy atom. The van der Waals surface area contributed by atoms with Crippen molar-refractivity contribution in [2.24, 2.45) is 5.10 Å². The molecule has 2 aromatic carbocycles. The fourth-order valence-corrected chi connectivity index (χ4v) is 3.21. The molecule has 0 unspecified atom stereocenters. The number of nitrogens with one attached hydrogen (secondary N) is 1. The van der Waals surface area contributed by atoms with Crippen molar-refractivity contribution in [3.05, 3.63) is 64.2 Å². The first-order chi connectivity index (χ1) is 12.7. The largest absolute Gasteiger partial charge is 0.454 e. The SMILES string of the molecule is CSc1ccc(Cc2n[nH]c(=S)n2/N=C/c2ccc3c(c2)OCO3)cc1. The van der Waals surface area contributed by atoms with E-state index in [1.54, 1.807) is 22.7 Å². The summed E-state index contributed by atoms with van der Waals surface area (Å²) >= 11 is 7.03. The van der Waals surface area contributed by atoms with E-state index in [1.807, 2.05) is 18.2 Å². The van der Waals surface area contributed by atoms with E-state index >= 15 is 0 Å². The van der Waals surface area contributed by atoms with Gasteiger partial charge in [-0.3, -0.25) is 5.10 Å². The van der Waals surface area contributed by atoms with Gasteiger partial charge in [0.2, 0.25) is 11.6 Å². The standard InChI is InChI=1S/C18H16N4O2S2/c1-26-14-5-2-12(3-6-14)9-17-20-21-18(25)22(17)19-10-13-4-7-15-16(8-13)24-11-23-15/h2-8,10H,9,11H2,1H3,(H,21,25)/b19-10+. The maximum absolute atomic E-state index is 5.39. The van der Waals surface area contributed by atoms with Gasteiger partial charge in [0.1, 0.15) is 0 Å². The molecule has 0 amide bonds. The van der Waals surface area contributed by atoms with Crippen LogP contribution in [0.4, 0.5) is 0 Å². The summed E-state index contributed by atoms with van der Waals surface area (Å²) in [7, 11) is 0. The van der Waals surface area contributed by atoms with Crippen LogP contribution in [0.15, 0.2) is 52.5 Å². The van der Waals surface area contributed by atoms with Crippen molar-refractivity contribution in [3.8, 4) is 11.5 Å². The zero-order valence-electron chi connectivity index (χ0n) is 14.0. The highest BCUT2D eigenvalue weighted by Crippen LogP contribution is 2.32. The predicted molar refractivity (Wildman–Crippen MR) is 104 cm³/mol. The number of H-pyrrole nitrogens is 1. The van der Waals surface area contributed by atoms with E-state index in [-0.39, 0.29) is 6.79 Å². The molecule has 0 fully saturated rings.